The predicted molar refractivity (Wildman–Crippen MR) is 207 cm³/mol. The number of fused-ring (bicyclic) bond motifs is 1. The third-order valence-electron chi connectivity index (χ3n) is 7.40. The minimum atomic E-state index is -0.742. The Balaban J connectivity index is 1.56. The summed E-state index contributed by atoms with van der Waals surface area (Å²) in [5.74, 6) is 0.158. The Morgan fingerprint density at radius 3 is 2.51 bits per heavy atom. The standard InChI is InChI=1S/C36H27ClI2N2O4S2/c1-3-44-35(43)30-31(22-9-5-4-6-10-22)40-36-41(32(30)23-12-14-27(46-2)15-13-23)34(42)29(47-36)18-24-17-26(38)19-28(39)33(24)45-20-21-8-7-11-25(37)16-21/h4-19,32H,3,20H2,1-2H3/b29-18-/t32-/m1/s1. The van der Waals surface area contributed by atoms with Crippen LogP contribution in [0.25, 0.3) is 11.8 Å². The summed E-state index contributed by atoms with van der Waals surface area (Å²) in [4.78, 5) is 34.7. The zero-order valence-corrected chi connectivity index (χ0v) is 31.9. The highest BCUT2D eigenvalue weighted by Crippen LogP contribution is 2.36. The maximum absolute atomic E-state index is 14.4. The fraction of sp³-hybridized carbons (Fsp3) is 0.139. The minimum absolute atomic E-state index is 0.191. The van der Waals surface area contributed by atoms with E-state index >= 15 is 0 Å². The van der Waals surface area contributed by atoms with Crippen molar-refractivity contribution in [2.75, 3.05) is 12.9 Å². The summed E-state index contributed by atoms with van der Waals surface area (Å²) in [6, 6.07) is 28.3. The van der Waals surface area contributed by atoms with Crippen LogP contribution in [0.15, 0.2) is 111 Å². The number of thioether (sulfide) groups is 1. The fourth-order valence-electron chi connectivity index (χ4n) is 5.31. The third kappa shape index (κ3) is 7.41. The Bertz CT molecular complexity index is 2180. The van der Waals surface area contributed by atoms with Gasteiger partial charge in [-0.1, -0.05) is 77.5 Å². The van der Waals surface area contributed by atoms with Gasteiger partial charge in [-0.2, -0.15) is 0 Å². The average Bonchev–Trinajstić information content (AvgIpc) is 3.38. The first-order valence-corrected chi connectivity index (χ1v) is 19.1. The smallest absolute Gasteiger partial charge is 0.338 e. The van der Waals surface area contributed by atoms with Crippen LogP contribution in [0.3, 0.4) is 0 Å². The number of hydrogen-bond donors (Lipinski definition) is 0. The lowest BCUT2D eigenvalue weighted by Crippen LogP contribution is -2.40. The normalized spacial score (nSPS) is 14.5. The first-order valence-electron chi connectivity index (χ1n) is 14.6. The number of halogens is 3. The number of thiazole rings is 1. The fourth-order valence-corrected chi connectivity index (χ4v) is 8.96. The number of rotatable bonds is 9. The number of esters is 1. The van der Waals surface area contributed by atoms with E-state index in [0.29, 0.717) is 38.0 Å². The SMILES string of the molecule is CCOC(=O)C1=C(c2ccccc2)N=c2s/c(=C\c3cc(I)cc(I)c3OCc3cccc(Cl)c3)c(=O)n2[C@@H]1c1ccc(SC)cc1. The van der Waals surface area contributed by atoms with Crippen LogP contribution >= 0.6 is 79.9 Å². The van der Waals surface area contributed by atoms with Crippen LogP contribution in [-0.2, 0) is 16.1 Å². The van der Waals surface area contributed by atoms with Crippen molar-refractivity contribution in [2.45, 2.75) is 24.5 Å². The molecule has 0 unspecified atom stereocenters. The van der Waals surface area contributed by atoms with Crippen molar-refractivity contribution in [1.82, 2.24) is 4.57 Å². The molecule has 238 valence electrons. The minimum Gasteiger partial charge on any atom is -0.487 e. The molecular weight excluding hydrogens is 878 g/mol. The van der Waals surface area contributed by atoms with E-state index in [9.17, 15) is 9.59 Å². The van der Waals surface area contributed by atoms with Gasteiger partial charge in [0.15, 0.2) is 4.80 Å². The lowest BCUT2D eigenvalue weighted by atomic mass is 9.93. The number of carbonyl (C=O) groups is 1. The highest BCUT2D eigenvalue weighted by Gasteiger charge is 2.35. The first kappa shape index (κ1) is 34.0. The molecule has 0 fully saturated rings. The zero-order chi connectivity index (χ0) is 33.1. The molecular formula is C36H27ClI2N2O4S2. The van der Waals surface area contributed by atoms with Crippen LogP contribution in [0.2, 0.25) is 5.02 Å². The molecule has 0 radical (unpaired) electrons. The average molecular weight is 905 g/mol. The third-order valence-corrected chi connectivity index (χ3v) is 10.8. The molecule has 0 saturated carbocycles. The van der Waals surface area contributed by atoms with Gasteiger partial charge in [0.1, 0.15) is 12.4 Å². The number of nitrogens with zero attached hydrogens (tertiary/aromatic N) is 2. The molecule has 0 amide bonds. The summed E-state index contributed by atoms with van der Waals surface area (Å²) in [7, 11) is 0. The number of carbonyl (C=O) groups excluding carboxylic acids is 1. The van der Waals surface area contributed by atoms with Crippen LogP contribution in [0, 0.1) is 7.14 Å². The number of ether oxygens (including phenoxy) is 2. The summed E-state index contributed by atoms with van der Waals surface area (Å²) < 4.78 is 15.9. The topological polar surface area (TPSA) is 69.9 Å². The maximum atomic E-state index is 14.4. The van der Waals surface area contributed by atoms with E-state index in [1.807, 2.05) is 103 Å². The van der Waals surface area contributed by atoms with Crippen molar-refractivity contribution in [1.29, 1.82) is 0 Å². The van der Waals surface area contributed by atoms with E-state index < -0.39 is 12.0 Å². The monoisotopic (exact) mass is 904 g/mol. The van der Waals surface area contributed by atoms with Gasteiger partial charge in [0.05, 0.1) is 32.0 Å². The summed E-state index contributed by atoms with van der Waals surface area (Å²) >= 11 is 13.6. The Morgan fingerprint density at radius 1 is 1.04 bits per heavy atom. The van der Waals surface area contributed by atoms with E-state index in [1.54, 1.807) is 23.3 Å². The molecule has 47 heavy (non-hydrogen) atoms. The molecule has 5 aromatic rings. The molecule has 6 nitrogen and oxygen atoms in total. The highest BCUT2D eigenvalue weighted by atomic mass is 127. The van der Waals surface area contributed by atoms with Gasteiger partial charge in [-0.25, -0.2) is 9.79 Å². The van der Waals surface area contributed by atoms with Crippen LogP contribution in [-0.4, -0.2) is 23.4 Å². The molecule has 6 rings (SSSR count). The van der Waals surface area contributed by atoms with E-state index in [4.69, 9.17) is 26.1 Å². The van der Waals surface area contributed by atoms with Crippen molar-refractivity contribution in [3.05, 3.63) is 151 Å². The molecule has 1 aromatic heterocycles. The largest absolute Gasteiger partial charge is 0.487 e. The Hall–Kier alpha value is -2.91. The van der Waals surface area contributed by atoms with Crippen molar-refractivity contribution >= 4 is 97.6 Å². The van der Waals surface area contributed by atoms with E-state index in [1.165, 1.54) is 11.3 Å². The molecule has 0 saturated heterocycles. The van der Waals surface area contributed by atoms with E-state index in [2.05, 4.69) is 45.2 Å². The van der Waals surface area contributed by atoms with Crippen LogP contribution < -0.4 is 19.6 Å². The quantitative estimate of drug-likeness (QED) is 0.0851. The van der Waals surface area contributed by atoms with Crippen molar-refractivity contribution in [3.63, 3.8) is 0 Å². The highest BCUT2D eigenvalue weighted by molar-refractivity contribution is 14.1. The number of hydrogen-bond acceptors (Lipinski definition) is 7. The number of benzene rings is 4. The van der Waals surface area contributed by atoms with Crippen LogP contribution in [0.5, 0.6) is 5.75 Å². The van der Waals surface area contributed by atoms with Gasteiger partial charge in [0.2, 0.25) is 0 Å². The molecule has 0 N–H and O–H groups in total. The first-order chi connectivity index (χ1) is 22.8. The van der Waals surface area contributed by atoms with E-state index in [-0.39, 0.29) is 12.2 Å². The molecule has 0 bridgehead atoms. The molecule has 1 atom stereocenters. The molecule has 1 aliphatic rings. The predicted octanol–water partition coefficient (Wildman–Crippen LogP) is 8.10. The molecule has 0 aliphatic carbocycles. The lowest BCUT2D eigenvalue weighted by Gasteiger charge is -2.26. The summed E-state index contributed by atoms with van der Waals surface area (Å²) in [5.41, 5.74) is 3.82. The van der Waals surface area contributed by atoms with Crippen LogP contribution in [0.4, 0.5) is 0 Å². The van der Waals surface area contributed by atoms with Crippen LogP contribution in [0.1, 0.15) is 35.2 Å². The molecule has 0 spiro atoms. The Morgan fingerprint density at radius 2 is 1.81 bits per heavy atom. The second-order valence-corrected chi connectivity index (χ2v) is 15.2. The summed E-state index contributed by atoms with van der Waals surface area (Å²) in [5, 5.41) is 0.638. The Kier molecular flexibility index (Phi) is 10.9. The van der Waals surface area contributed by atoms with Gasteiger partial charge < -0.3 is 9.47 Å². The molecule has 11 heteroatoms. The second kappa shape index (κ2) is 15.1. The zero-order valence-electron chi connectivity index (χ0n) is 25.2. The maximum Gasteiger partial charge on any atom is 0.338 e. The van der Waals surface area contributed by atoms with Gasteiger partial charge in [0.25, 0.3) is 5.56 Å². The van der Waals surface area contributed by atoms with Gasteiger partial charge >= 0.3 is 5.97 Å². The van der Waals surface area contributed by atoms with Gasteiger partial charge in [-0.15, -0.1) is 11.8 Å². The van der Waals surface area contributed by atoms with Gasteiger partial charge in [-0.05, 0) is 112 Å². The second-order valence-electron chi connectivity index (χ2n) is 10.4. The summed E-state index contributed by atoms with van der Waals surface area (Å²) in [6.07, 6.45) is 3.86. The van der Waals surface area contributed by atoms with Gasteiger partial charge in [0, 0.05) is 24.6 Å². The molecule has 1 aliphatic heterocycles. The van der Waals surface area contributed by atoms with Crippen molar-refractivity contribution in [2.24, 2.45) is 4.99 Å². The van der Waals surface area contributed by atoms with Crippen molar-refractivity contribution in [3.8, 4) is 5.75 Å². The summed E-state index contributed by atoms with van der Waals surface area (Å²) in [6.45, 7) is 2.28. The Labute approximate surface area is 312 Å². The van der Waals surface area contributed by atoms with Gasteiger partial charge in [-0.3, -0.25) is 9.36 Å². The van der Waals surface area contributed by atoms with E-state index in [0.717, 1.165) is 34.3 Å². The molecule has 4 aromatic carbocycles. The molecule has 2 heterocycles. The van der Waals surface area contributed by atoms with Crippen molar-refractivity contribution < 1.29 is 14.3 Å². The lowest BCUT2D eigenvalue weighted by molar-refractivity contribution is -0.138. The number of aromatic nitrogens is 1.